The molecule has 0 radical (unpaired) electrons. The topological polar surface area (TPSA) is 39.7 Å². The molecule has 2 aliphatic rings. The number of piperidine rings is 1. The largest absolute Gasteiger partial charge is 0.357 e. The molecule has 0 aromatic rings. The maximum absolute atomic E-state index is 4.82. The molecule has 1 heterocycles. The van der Waals surface area contributed by atoms with Gasteiger partial charge in [0.1, 0.15) is 0 Å². The molecular weight excluding hydrogens is 316 g/mol. The maximum Gasteiger partial charge on any atom is 0.191 e. The molecule has 1 saturated carbocycles. The SMILES string of the molecule is CCNC(=NCC(C)(C)SC)NC1CCN(C2CCCCC2)CC1. The molecule has 2 fully saturated rings. The van der Waals surface area contributed by atoms with E-state index in [1.54, 1.807) is 0 Å². The van der Waals surface area contributed by atoms with Gasteiger partial charge in [-0.2, -0.15) is 11.8 Å². The second-order valence-electron chi connectivity index (χ2n) is 7.91. The number of rotatable bonds is 6. The molecule has 1 aliphatic heterocycles. The summed E-state index contributed by atoms with van der Waals surface area (Å²) >= 11 is 1.88. The van der Waals surface area contributed by atoms with E-state index in [1.807, 2.05) is 11.8 Å². The number of aliphatic imine (C=N–C) groups is 1. The summed E-state index contributed by atoms with van der Waals surface area (Å²) in [6, 6.07) is 1.43. The summed E-state index contributed by atoms with van der Waals surface area (Å²) in [7, 11) is 0. The molecule has 0 amide bonds. The van der Waals surface area contributed by atoms with Gasteiger partial charge >= 0.3 is 0 Å². The highest BCUT2D eigenvalue weighted by atomic mass is 32.2. The van der Waals surface area contributed by atoms with Crippen LogP contribution in [0, 0.1) is 0 Å². The first kappa shape index (κ1) is 19.9. The van der Waals surface area contributed by atoms with Gasteiger partial charge in [-0.1, -0.05) is 19.3 Å². The number of nitrogens with one attached hydrogen (secondary N) is 2. The molecule has 1 aliphatic carbocycles. The summed E-state index contributed by atoms with van der Waals surface area (Å²) in [6.07, 6.45) is 11.8. The molecule has 1 saturated heterocycles. The Morgan fingerprint density at radius 1 is 1.12 bits per heavy atom. The van der Waals surface area contributed by atoms with Gasteiger partial charge in [0.15, 0.2) is 5.96 Å². The third kappa shape index (κ3) is 6.47. The van der Waals surface area contributed by atoms with Crippen molar-refractivity contribution < 1.29 is 0 Å². The van der Waals surface area contributed by atoms with E-state index in [0.717, 1.165) is 25.1 Å². The van der Waals surface area contributed by atoms with Gasteiger partial charge in [0.2, 0.25) is 0 Å². The molecule has 0 unspecified atom stereocenters. The highest BCUT2D eigenvalue weighted by Gasteiger charge is 2.26. The lowest BCUT2D eigenvalue weighted by atomic mass is 9.92. The van der Waals surface area contributed by atoms with Crippen molar-refractivity contribution in [2.45, 2.75) is 82.5 Å². The van der Waals surface area contributed by atoms with Crippen molar-refractivity contribution in [3.63, 3.8) is 0 Å². The van der Waals surface area contributed by atoms with E-state index < -0.39 is 0 Å². The molecule has 4 nitrogen and oxygen atoms in total. The molecule has 2 rings (SSSR count). The summed E-state index contributed by atoms with van der Waals surface area (Å²) in [4.78, 5) is 7.57. The molecule has 2 N–H and O–H groups in total. The Hall–Kier alpha value is -0.420. The normalized spacial score (nSPS) is 22.6. The lowest BCUT2D eigenvalue weighted by molar-refractivity contribution is 0.119. The standard InChI is InChI=1S/C19H38N4S/c1-5-20-18(21-15-19(2,3)24-4)22-16-11-13-23(14-12-16)17-9-7-6-8-10-17/h16-17H,5-15H2,1-4H3,(H2,20,21,22). The van der Waals surface area contributed by atoms with E-state index in [-0.39, 0.29) is 4.75 Å². The predicted octanol–water partition coefficient (Wildman–Crippen LogP) is 3.48. The summed E-state index contributed by atoms with van der Waals surface area (Å²) in [5.74, 6) is 0.996. The monoisotopic (exact) mass is 354 g/mol. The zero-order chi connectivity index (χ0) is 17.4. The molecule has 0 bridgehead atoms. The Balaban J connectivity index is 1.80. The van der Waals surface area contributed by atoms with Crippen molar-refractivity contribution in [3.05, 3.63) is 0 Å². The Labute approximate surface area is 153 Å². The van der Waals surface area contributed by atoms with E-state index in [0.29, 0.717) is 6.04 Å². The highest BCUT2D eigenvalue weighted by Crippen LogP contribution is 2.25. The van der Waals surface area contributed by atoms with E-state index in [9.17, 15) is 0 Å². The van der Waals surface area contributed by atoms with Gasteiger partial charge in [-0.15, -0.1) is 0 Å². The quantitative estimate of drug-likeness (QED) is 0.566. The lowest BCUT2D eigenvalue weighted by Gasteiger charge is -2.39. The first-order valence-corrected chi connectivity index (χ1v) is 11.1. The summed E-state index contributed by atoms with van der Waals surface area (Å²) in [5, 5.41) is 7.10. The average Bonchev–Trinajstić information content (AvgIpc) is 2.61. The summed E-state index contributed by atoms with van der Waals surface area (Å²) < 4.78 is 0.201. The number of hydrogen-bond donors (Lipinski definition) is 2. The van der Waals surface area contributed by atoms with Crippen LogP contribution in [0.3, 0.4) is 0 Å². The van der Waals surface area contributed by atoms with Crippen molar-refractivity contribution in [1.29, 1.82) is 0 Å². The fourth-order valence-corrected chi connectivity index (χ4v) is 3.90. The fourth-order valence-electron chi connectivity index (χ4n) is 3.70. The van der Waals surface area contributed by atoms with E-state index in [2.05, 4.69) is 42.6 Å². The molecule has 0 atom stereocenters. The minimum atomic E-state index is 0.201. The lowest BCUT2D eigenvalue weighted by Crippen LogP contribution is -2.51. The van der Waals surface area contributed by atoms with Crippen molar-refractivity contribution in [2.24, 2.45) is 4.99 Å². The maximum atomic E-state index is 4.82. The minimum absolute atomic E-state index is 0.201. The Morgan fingerprint density at radius 2 is 1.79 bits per heavy atom. The van der Waals surface area contributed by atoms with Gasteiger partial charge < -0.3 is 15.5 Å². The number of likely N-dealkylation sites (tertiary alicyclic amines) is 1. The second kappa shape index (κ2) is 9.91. The van der Waals surface area contributed by atoms with Crippen molar-refractivity contribution in [1.82, 2.24) is 15.5 Å². The number of nitrogens with zero attached hydrogens (tertiary/aromatic N) is 2. The van der Waals surface area contributed by atoms with Crippen LogP contribution in [0.15, 0.2) is 4.99 Å². The van der Waals surface area contributed by atoms with Crippen LogP contribution >= 0.6 is 11.8 Å². The van der Waals surface area contributed by atoms with E-state index >= 15 is 0 Å². The van der Waals surface area contributed by atoms with Crippen molar-refractivity contribution in [2.75, 3.05) is 32.4 Å². The molecule has 0 aromatic heterocycles. The van der Waals surface area contributed by atoms with E-state index in [1.165, 1.54) is 58.0 Å². The van der Waals surface area contributed by atoms with Crippen LogP contribution in [0.4, 0.5) is 0 Å². The van der Waals surface area contributed by atoms with Crippen LogP contribution in [0.2, 0.25) is 0 Å². The number of thioether (sulfide) groups is 1. The molecule has 140 valence electrons. The van der Waals surface area contributed by atoms with Crippen molar-refractivity contribution >= 4 is 17.7 Å². The van der Waals surface area contributed by atoms with Gasteiger partial charge in [-0.3, -0.25) is 4.99 Å². The van der Waals surface area contributed by atoms with Gasteiger partial charge in [-0.25, -0.2) is 0 Å². The van der Waals surface area contributed by atoms with Gasteiger partial charge in [0.25, 0.3) is 0 Å². The first-order chi connectivity index (χ1) is 11.5. The highest BCUT2D eigenvalue weighted by molar-refractivity contribution is 7.99. The minimum Gasteiger partial charge on any atom is -0.357 e. The second-order valence-corrected chi connectivity index (χ2v) is 9.42. The molecule has 0 aromatic carbocycles. The Kier molecular flexibility index (Phi) is 8.21. The van der Waals surface area contributed by atoms with Crippen LogP contribution < -0.4 is 10.6 Å². The van der Waals surface area contributed by atoms with Gasteiger partial charge in [0, 0.05) is 36.5 Å². The predicted molar refractivity (Wildman–Crippen MR) is 108 cm³/mol. The zero-order valence-electron chi connectivity index (χ0n) is 16.2. The Morgan fingerprint density at radius 3 is 2.38 bits per heavy atom. The van der Waals surface area contributed by atoms with Crippen LogP contribution in [0.25, 0.3) is 0 Å². The number of hydrogen-bond acceptors (Lipinski definition) is 3. The van der Waals surface area contributed by atoms with E-state index in [4.69, 9.17) is 4.99 Å². The summed E-state index contributed by atoms with van der Waals surface area (Å²) in [5.41, 5.74) is 0. The Bertz CT molecular complexity index is 383. The third-order valence-corrected chi connectivity index (χ3v) is 6.71. The molecule has 24 heavy (non-hydrogen) atoms. The van der Waals surface area contributed by atoms with Gasteiger partial charge in [0.05, 0.1) is 6.54 Å². The molecule has 5 heteroatoms. The van der Waals surface area contributed by atoms with Crippen LogP contribution in [0.5, 0.6) is 0 Å². The van der Waals surface area contributed by atoms with Crippen LogP contribution in [-0.2, 0) is 0 Å². The third-order valence-electron chi connectivity index (χ3n) is 5.48. The van der Waals surface area contributed by atoms with Gasteiger partial charge in [-0.05, 0) is 52.7 Å². The van der Waals surface area contributed by atoms with Crippen LogP contribution in [0.1, 0.15) is 65.7 Å². The molecule has 0 spiro atoms. The van der Waals surface area contributed by atoms with Crippen molar-refractivity contribution in [3.8, 4) is 0 Å². The fraction of sp³-hybridized carbons (Fsp3) is 0.947. The average molecular weight is 355 g/mol. The molecular formula is C19H38N4S. The smallest absolute Gasteiger partial charge is 0.191 e. The summed E-state index contributed by atoms with van der Waals surface area (Å²) in [6.45, 7) is 10.9. The van der Waals surface area contributed by atoms with Crippen LogP contribution in [-0.4, -0.2) is 60.1 Å². The first-order valence-electron chi connectivity index (χ1n) is 9.88. The zero-order valence-corrected chi connectivity index (χ0v) is 17.1. The number of guanidine groups is 1.